The average Bonchev–Trinajstić information content (AvgIpc) is 3.33. The largest absolute Gasteiger partial charge is 0.497 e. The van der Waals surface area contributed by atoms with Crippen molar-refractivity contribution in [3.05, 3.63) is 81.1 Å². The van der Waals surface area contributed by atoms with E-state index in [0.717, 1.165) is 32.8 Å². The van der Waals surface area contributed by atoms with Crippen LogP contribution in [0.15, 0.2) is 64.3 Å². The smallest absolute Gasteiger partial charge is 0.332 e. The van der Waals surface area contributed by atoms with E-state index in [-0.39, 0.29) is 5.56 Å². The van der Waals surface area contributed by atoms with Crippen molar-refractivity contribution in [2.75, 3.05) is 7.11 Å². The van der Waals surface area contributed by atoms with Crippen molar-refractivity contribution in [2.45, 2.75) is 6.92 Å². The second-order valence-corrected chi connectivity index (χ2v) is 7.57. The molecule has 0 amide bonds. The fourth-order valence-electron chi connectivity index (χ4n) is 3.88. The SMILES string of the molecule is COc1ccc(-n2c(-c3ccc(C)cc3)cn3c4c(=O)n(C)c(=O)n(C)c4nc23)cc1. The number of nitrogens with zero attached hydrogens (tertiary/aromatic N) is 5. The van der Waals surface area contributed by atoms with Gasteiger partial charge in [0.05, 0.1) is 12.8 Å². The number of hydrogen-bond acceptors (Lipinski definition) is 4. The first-order valence-corrected chi connectivity index (χ1v) is 9.81. The summed E-state index contributed by atoms with van der Waals surface area (Å²) >= 11 is 0. The number of aromatic nitrogens is 5. The molecule has 0 spiro atoms. The van der Waals surface area contributed by atoms with Crippen LogP contribution < -0.4 is 16.0 Å². The Hall–Kier alpha value is -4.07. The lowest BCUT2D eigenvalue weighted by Crippen LogP contribution is -2.37. The molecule has 0 aliphatic rings. The molecule has 156 valence electrons. The maximum atomic E-state index is 13.0. The van der Waals surface area contributed by atoms with Crippen molar-refractivity contribution < 1.29 is 4.74 Å². The van der Waals surface area contributed by atoms with E-state index in [0.29, 0.717) is 16.9 Å². The number of methoxy groups -OCH3 is 1. The Morgan fingerprint density at radius 1 is 0.903 bits per heavy atom. The standard InChI is InChI=1S/C23H21N5O3/c1-14-5-7-15(8-6-14)18-13-27-19-20(25(2)23(30)26(3)21(19)29)24-22(27)28(18)16-9-11-17(31-4)12-10-16/h5-13H,1-4H3. The number of hydrogen-bond donors (Lipinski definition) is 0. The predicted octanol–water partition coefficient (Wildman–Crippen LogP) is 2.66. The molecule has 8 nitrogen and oxygen atoms in total. The molecule has 8 heteroatoms. The summed E-state index contributed by atoms with van der Waals surface area (Å²) in [7, 11) is 4.72. The van der Waals surface area contributed by atoms with Crippen LogP contribution in [0.1, 0.15) is 5.56 Å². The van der Waals surface area contributed by atoms with Gasteiger partial charge in [0.2, 0.25) is 5.78 Å². The minimum Gasteiger partial charge on any atom is -0.497 e. The van der Waals surface area contributed by atoms with E-state index >= 15 is 0 Å². The molecule has 0 aliphatic heterocycles. The summed E-state index contributed by atoms with van der Waals surface area (Å²) in [5.41, 5.74) is 3.81. The fourth-order valence-corrected chi connectivity index (χ4v) is 3.88. The molecule has 0 unspecified atom stereocenters. The summed E-state index contributed by atoms with van der Waals surface area (Å²) in [5, 5.41) is 0. The zero-order chi connectivity index (χ0) is 21.9. The molecule has 3 aromatic heterocycles. The molecule has 5 rings (SSSR count). The molecule has 0 bridgehead atoms. The Bertz CT molecular complexity index is 1570. The van der Waals surface area contributed by atoms with Gasteiger partial charge in [-0.15, -0.1) is 0 Å². The Balaban J connectivity index is 1.92. The van der Waals surface area contributed by atoms with Crippen molar-refractivity contribution in [3.63, 3.8) is 0 Å². The van der Waals surface area contributed by atoms with Crippen molar-refractivity contribution in [1.82, 2.24) is 23.1 Å². The van der Waals surface area contributed by atoms with Crippen LogP contribution in [0.25, 0.3) is 33.9 Å². The Kier molecular flexibility index (Phi) is 4.11. The van der Waals surface area contributed by atoms with Crippen molar-refractivity contribution >= 4 is 16.9 Å². The third-order valence-corrected chi connectivity index (χ3v) is 5.64. The summed E-state index contributed by atoms with van der Waals surface area (Å²) < 4.78 is 11.5. The molecule has 0 saturated heterocycles. The van der Waals surface area contributed by atoms with Gasteiger partial charge >= 0.3 is 5.69 Å². The molecule has 0 N–H and O–H groups in total. The highest BCUT2D eigenvalue weighted by atomic mass is 16.5. The van der Waals surface area contributed by atoms with E-state index < -0.39 is 5.69 Å². The molecule has 5 aromatic rings. The number of rotatable bonds is 3. The van der Waals surface area contributed by atoms with E-state index in [1.165, 1.54) is 11.6 Å². The number of imidazole rings is 2. The van der Waals surface area contributed by atoms with E-state index in [1.54, 1.807) is 18.6 Å². The van der Waals surface area contributed by atoms with Crippen LogP contribution in [0.3, 0.4) is 0 Å². The first-order chi connectivity index (χ1) is 14.9. The predicted molar refractivity (Wildman–Crippen MR) is 119 cm³/mol. The van der Waals surface area contributed by atoms with Gasteiger partial charge in [0.15, 0.2) is 11.2 Å². The summed E-state index contributed by atoms with van der Waals surface area (Å²) in [6, 6.07) is 15.8. The van der Waals surface area contributed by atoms with Crippen molar-refractivity contribution in [3.8, 4) is 22.7 Å². The topological polar surface area (TPSA) is 75.5 Å². The van der Waals surface area contributed by atoms with Crippen molar-refractivity contribution in [1.29, 1.82) is 0 Å². The number of ether oxygens (including phenoxy) is 1. The van der Waals surface area contributed by atoms with Crippen LogP contribution in [-0.4, -0.2) is 30.2 Å². The van der Waals surface area contributed by atoms with Gasteiger partial charge in [0, 0.05) is 31.5 Å². The Morgan fingerprint density at radius 2 is 1.58 bits per heavy atom. The second kappa shape index (κ2) is 6.73. The fraction of sp³-hybridized carbons (Fsp3) is 0.174. The molecule has 0 atom stereocenters. The van der Waals surface area contributed by atoms with E-state index in [9.17, 15) is 9.59 Å². The maximum absolute atomic E-state index is 13.0. The van der Waals surface area contributed by atoms with E-state index in [2.05, 4.69) is 0 Å². The molecule has 31 heavy (non-hydrogen) atoms. The van der Waals surface area contributed by atoms with Crippen LogP contribution in [0.5, 0.6) is 5.75 Å². The lowest BCUT2D eigenvalue weighted by atomic mass is 10.1. The third kappa shape index (κ3) is 2.72. The highest BCUT2D eigenvalue weighted by Gasteiger charge is 2.21. The summed E-state index contributed by atoms with van der Waals surface area (Å²) in [5.74, 6) is 1.29. The highest BCUT2D eigenvalue weighted by molar-refractivity contribution is 5.79. The minimum atomic E-state index is -0.409. The molecule has 0 saturated carbocycles. The van der Waals surface area contributed by atoms with Crippen LogP contribution in [0.2, 0.25) is 0 Å². The van der Waals surface area contributed by atoms with Crippen molar-refractivity contribution in [2.24, 2.45) is 14.1 Å². The summed E-state index contributed by atoms with van der Waals surface area (Å²) in [4.78, 5) is 30.1. The van der Waals surface area contributed by atoms with E-state index in [1.807, 2.05) is 66.2 Å². The molecular weight excluding hydrogens is 394 g/mol. The molecule has 3 heterocycles. The lowest BCUT2D eigenvalue weighted by molar-refractivity contribution is 0.415. The van der Waals surface area contributed by atoms with Gasteiger partial charge < -0.3 is 4.74 Å². The molecule has 0 fully saturated rings. The van der Waals surface area contributed by atoms with Gasteiger partial charge in [-0.25, -0.2) is 4.79 Å². The Labute approximate surface area is 177 Å². The van der Waals surface area contributed by atoms with Gasteiger partial charge in [-0.05, 0) is 31.2 Å². The second-order valence-electron chi connectivity index (χ2n) is 7.57. The number of fused-ring (bicyclic) bond motifs is 3. The maximum Gasteiger partial charge on any atom is 0.332 e. The third-order valence-electron chi connectivity index (χ3n) is 5.64. The highest BCUT2D eigenvalue weighted by Crippen LogP contribution is 2.29. The Morgan fingerprint density at radius 3 is 2.23 bits per heavy atom. The molecule has 0 aliphatic carbocycles. The first-order valence-electron chi connectivity index (χ1n) is 9.81. The lowest BCUT2D eigenvalue weighted by Gasteiger charge is -2.10. The molecular formula is C23H21N5O3. The first kappa shape index (κ1) is 18.9. The van der Waals surface area contributed by atoms with Gasteiger partial charge in [-0.1, -0.05) is 29.8 Å². The van der Waals surface area contributed by atoms with Crippen LogP contribution in [0.4, 0.5) is 0 Å². The number of benzene rings is 2. The average molecular weight is 415 g/mol. The van der Waals surface area contributed by atoms with Crippen LogP contribution >= 0.6 is 0 Å². The quantitative estimate of drug-likeness (QED) is 0.454. The zero-order valence-electron chi connectivity index (χ0n) is 17.7. The van der Waals surface area contributed by atoms with Gasteiger partial charge in [0.25, 0.3) is 5.56 Å². The van der Waals surface area contributed by atoms with Gasteiger partial charge in [-0.3, -0.25) is 22.9 Å². The normalized spacial score (nSPS) is 11.5. The summed E-state index contributed by atoms with van der Waals surface area (Å²) in [6.45, 7) is 2.04. The van der Waals surface area contributed by atoms with Crippen LogP contribution in [0, 0.1) is 6.92 Å². The zero-order valence-corrected chi connectivity index (χ0v) is 17.7. The van der Waals surface area contributed by atoms with Crippen LogP contribution in [-0.2, 0) is 14.1 Å². The minimum absolute atomic E-state index is 0.348. The van der Waals surface area contributed by atoms with Gasteiger partial charge in [-0.2, -0.15) is 4.98 Å². The van der Waals surface area contributed by atoms with Gasteiger partial charge in [0.1, 0.15) is 5.75 Å². The number of aryl methyl sites for hydroxylation is 2. The molecule has 2 aromatic carbocycles. The summed E-state index contributed by atoms with van der Waals surface area (Å²) in [6.07, 6.45) is 1.89. The van der Waals surface area contributed by atoms with E-state index in [4.69, 9.17) is 9.72 Å². The molecule has 0 radical (unpaired) electrons. The monoisotopic (exact) mass is 415 g/mol.